The van der Waals surface area contributed by atoms with Crippen LogP contribution in [0.5, 0.6) is 0 Å². The van der Waals surface area contributed by atoms with Gasteiger partial charge in [-0.05, 0) is 20.8 Å². The molecule has 5 heteroatoms. The van der Waals surface area contributed by atoms with Gasteiger partial charge in [0, 0.05) is 19.6 Å². The Morgan fingerprint density at radius 2 is 1.94 bits per heavy atom. The van der Waals surface area contributed by atoms with Crippen LogP contribution in [0.3, 0.4) is 0 Å². The Balaban J connectivity index is 3.99. The molecule has 0 spiro atoms. The van der Waals surface area contributed by atoms with E-state index in [1.807, 2.05) is 34.6 Å². The molecular formula is C12H26N2O3. The summed E-state index contributed by atoms with van der Waals surface area (Å²) in [5.74, 6) is 0. The Kier molecular flexibility index (Phi) is 6.49. The summed E-state index contributed by atoms with van der Waals surface area (Å²) in [7, 11) is 1.62. The molecule has 0 radical (unpaired) electrons. The van der Waals surface area contributed by atoms with Crippen molar-refractivity contribution in [1.82, 2.24) is 10.2 Å². The van der Waals surface area contributed by atoms with Crippen LogP contribution in [0, 0.1) is 0 Å². The van der Waals surface area contributed by atoms with Gasteiger partial charge in [-0.2, -0.15) is 0 Å². The van der Waals surface area contributed by atoms with Crippen molar-refractivity contribution < 1.29 is 14.6 Å². The van der Waals surface area contributed by atoms with Gasteiger partial charge in [0.1, 0.15) is 5.60 Å². The highest BCUT2D eigenvalue weighted by molar-refractivity contribution is 5.67. The summed E-state index contributed by atoms with van der Waals surface area (Å²) >= 11 is 0. The van der Waals surface area contributed by atoms with E-state index >= 15 is 0 Å². The van der Waals surface area contributed by atoms with Gasteiger partial charge in [-0.1, -0.05) is 13.8 Å². The lowest BCUT2D eigenvalue weighted by Gasteiger charge is -2.26. The van der Waals surface area contributed by atoms with Crippen LogP contribution < -0.4 is 5.32 Å². The molecule has 0 aromatic carbocycles. The maximum Gasteiger partial charge on any atom is 0.410 e. The summed E-state index contributed by atoms with van der Waals surface area (Å²) in [5.41, 5.74) is -0.507. The van der Waals surface area contributed by atoms with E-state index in [2.05, 4.69) is 5.32 Å². The summed E-state index contributed by atoms with van der Waals surface area (Å²) in [6.45, 7) is 10.2. The number of aliphatic hydroxyl groups excluding tert-OH is 1. The van der Waals surface area contributed by atoms with E-state index in [1.165, 1.54) is 4.90 Å². The van der Waals surface area contributed by atoms with Crippen molar-refractivity contribution in [2.75, 3.05) is 20.1 Å². The highest BCUT2D eigenvalue weighted by atomic mass is 16.6. The molecule has 5 nitrogen and oxygen atoms in total. The van der Waals surface area contributed by atoms with Gasteiger partial charge in [-0.25, -0.2) is 4.79 Å². The molecule has 0 aromatic heterocycles. The maximum absolute atomic E-state index is 11.6. The molecule has 0 aromatic rings. The first kappa shape index (κ1) is 16.2. The van der Waals surface area contributed by atoms with Gasteiger partial charge >= 0.3 is 6.09 Å². The highest BCUT2D eigenvalue weighted by Gasteiger charge is 2.21. The first-order valence-electron chi connectivity index (χ1n) is 5.97. The van der Waals surface area contributed by atoms with Gasteiger partial charge in [-0.3, -0.25) is 0 Å². The van der Waals surface area contributed by atoms with Crippen LogP contribution in [0.25, 0.3) is 0 Å². The molecule has 2 N–H and O–H groups in total. The number of nitrogens with zero attached hydrogens (tertiary/aromatic N) is 1. The monoisotopic (exact) mass is 246 g/mol. The van der Waals surface area contributed by atoms with Crippen molar-refractivity contribution in [3.05, 3.63) is 0 Å². The summed E-state index contributed by atoms with van der Waals surface area (Å²) < 4.78 is 5.18. The zero-order valence-corrected chi connectivity index (χ0v) is 11.8. The third-order valence-corrected chi connectivity index (χ3v) is 1.95. The number of carbonyl (C=O) groups excluding carboxylic acids is 1. The lowest BCUT2D eigenvalue weighted by molar-refractivity contribution is 0.0206. The van der Waals surface area contributed by atoms with Crippen LogP contribution in [-0.4, -0.2) is 54.0 Å². The molecule has 17 heavy (non-hydrogen) atoms. The summed E-state index contributed by atoms with van der Waals surface area (Å²) in [4.78, 5) is 13.0. The molecule has 0 aliphatic heterocycles. The van der Waals surface area contributed by atoms with Crippen LogP contribution in [0.1, 0.15) is 34.6 Å². The van der Waals surface area contributed by atoms with E-state index in [0.29, 0.717) is 12.6 Å². The van der Waals surface area contributed by atoms with E-state index in [4.69, 9.17) is 4.74 Å². The average molecular weight is 246 g/mol. The fourth-order valence-electron chi connectivity index (χ4n) is 1.17. The van der Waals surface area contributed by atoms with Crippen LogP contribution in [0.2, 0.25) is 0 Å². The largest absolute Gasteiger partial charge is 0.444 e. The molecule has 1 atom stereocenters. The topological polar surface area (TPSA) is 61.8 Å². The SMILES string of the molecule is CC(C)NCC(O)CN(C)C(=O)OC(C)(C)C. The summed E-state index contributed by atoms with van der Waals surface area (Å²) in [6.07, 6.45) is -1.00. The van der Waals surface area contributed by atoms with Gasteiger partial charge in [-0.15, -0.1) is 0 Å². The number of hydrogen-bond acceptors (Lipinski definition) is 4. The van der Waals surface area contributed by atoms with Crippen LogP contribution in [0.15, 0.2) is 0 Å². The Hall–Kier alpha value is -0.810. The summed E-state index contributed by atoms with van der Waals surface area (Å²) in [5, 5.41) is 12.8. The molecule has 0 rings (SSSR count). The van der Waals surface area contributed by atoms with E-state index in [1.54, 1.807) is 7.05 Å². The smallest absolute Gasteiger partial charge is 0.410 e. The molecule has 0 fully saturated rings. The third-order valence-electron chi connectivity index (χ3n) is 1.95. The number of nitrogens with one attached hydrogen (secondary N) is 1. The van der Waals surface area contributed by atoms with E-state index < -0.39 is 17.8 Å². The van der Waals surface area contributed by atoms with Crippen molar-refractivity contribution in [2.24, 2.45) is 0 Å². The highest BCUT2D eigenvalue weighted by Crippen LogP contribution is 2.09. The maximum atomic E-state index is 11.6. The lowest BCUT2D eigenvalue weighted by Crippen LogP contribution is -2.42. The van der Waals surface area contributed by atoms with Gasteiger partial charge in [0.05, 0.1) is 12.6 Å². The number of hydrogen-bond donors (Lipinski definition) is 2. The Morgan fingerprint density at radius 1 is 1.41 bits per heavy atom. The first-order chi connectivity index (χ1) is 7.61. The minimum absolute atomic E-state index is 0.259. The minimum Gasteiger partial charge on any atom is -0.444 e. The molecule has 1 unspecified atom stereocenters. The second kappa shape index (κ2) is 6.81. The standard InChI is InChI=1S/C12H26N2O3/c1-9(2)13-7-10(15)8-14(6)11(16)17-12(3,4)5/h9-10,13,15H,7-8H2,1-6H3. The first-order valence-corrected chi connectivity index (χ1v) is 5.97. The zero-order valence-electron chi connectivity index (χ0n) is 11.8. The molecule has 0 bridgehead atoms. The van der Waals surface area contributed by atoms with Gasteiger partial charge in [0.2, 0.25) is 0 Å². The second-order valence-electron chi connectivity index (χ2n) is 5.58. The Bertz CT molecular complexity index is 236. The Labute approximate surface area is 104 Å². The van der Waals surface area contributed by atoms with Gasteiger partial charge in [0.15, 0.2) is 0 Å². The molecule has 1 amide bonds. The molecule has 0 saturated heterocycles. The van der Waals surface area contributed by atoms with Gasteiger partial charge < -0.3 is 20.1 Å². The number of ether oxygens (including phenoxy) is 1. The van der Waals surface area contributed by atoms with Crippen molar-refractivity contribution >= 4 is 6.09 Å². The predicted molar refractivity (Wildman–Crippen MR) is 68.0 cm³/mol. The number of rotatable bonds is 5. The average Bonchev–Trinajstić information content (AvgIpc) is 2.11. The quantitative estimate of drug-likeness (QED) is 0.765. The number of amides is 1. The zero-order chi connectivity index (χ0) is 13.6. The van der Waals surface area contributed by atoms with Crippen LogP contribution in [0.4, 0.5) is 4.79 Å². The van der Waals surface area contributed by atoms with Crippen molar-refractivity contribution in [3.8, 4) is 0 Å². The number of carbonyl (C=O) groups is 1. The fourth-order valence-corrected chi connectivity index (χ4v) is 1.17. The molecule has 102 valence electrons. The van der Waals surface area contributed by atoms with Crippen molar-refractivity contribution in [3.63, 3.8) is 0 Å². The molecule has 0 aliphatic rings. The van der Waals surface area contributed by atoms with E-state index in [9.17, 15) is 9.90 Å². The lowest BCUT2D eigenvalue weighted by atomic mass is 10.2. The molecule has 0 heterocycles. The minimum atomic E-state index is -0.588. The molecule has 0 saturated carbocycles. The fraction of sp³-hybridized carbons (Fsp3) is 0.917. The molecular weight excluding hydrogens is 220 g/mol. The third kappa shape index (κ3) is 8.94. The van der Waals surface area contributed by atoms with E-state index in [-0.39, 0.29) is 6.54 Å². The Morgan fingerprint density at radius 3 is 2.35 bits per heavy atom. The summed E-state index contributed by atoms with van der Waals surface area (Å²) in [6, 6.07) is 0.316. The van der Waals surface area contributed by atoms with E-state index in [0.717, 1.165) is 0 Å². The second-order valence-corrected chi connectivity index (χ2v) is 5.58. The van der Waals surface area contributed by atoms with Crippen molar-refractivity contribution in [2.45, 2.75) is 52.4 Å². The van der Waals surface area contributed by atoms with Crippen LogP contribution >= 0.6 is 0 Å². The molecule has 0 aliphatic carbocycles. The number of likely N-dealkylation sites (N-methyl/N-ethyl adjacent to an activating group) is 1. The van der Waals surface area contributed by atoms with Crippen LogP contribution in [-0.2, 0) is 4.74 Å². The van der Waals surface area contributed by atoms with Gasteiger partial charge in [0.25, 0.3) is 0 Å². The normalized spacial score (nSPS) is 13.6. The van der Waals surface area contributed by atoms with Crippen molar-refractivity contribution in [1.29, 1.82) is 0 Å². The number of aliphatic hydroxyl groups is 1. The predicted octanol–water partition coefficient (Wildman–Crippen LogP) is 1.21.